The molecule has 1 N–H and O–H groups in total. The lowest BCUT2D eigenvalue weighted by Crippen LogP contribution is -2.43. The molecule has 2 atom stereocenters. The zero-order valence-corrected chi connectivity index (χ0v) is 11.3. The molecule has 1 aromatic heterocycles. The van der Waals surface area contributed by atoms with Gasteiger partial charge < -0.3 is 14.8 Å². The summed E-state index contributed by atoms with van der Waals surface area (Å²) in [6, 6.07) is 1.75. The Bertz CT molecular complexity index is 471. The molecule has 3 rings (SSSR count). The first kappa shape index (κ1) is 12.1. The number of fused-ring (bicyclic) bond motifs is 1. The van der Waals surface area contributed by atoms with Crippen molar-refractivity contribution in [1.82, 2.24) is 14.8 Å². The molecule has 2 saturated heterocycles. The molecule has 18 heavy (non-hydrogen) atoms. The highest BCUT2D eigenvalue weighted by atomic mass is 35.5. The highest BCUT2D eigenvalue weighted by molar-refractivity contribution is 6.31. The second-order valence-electron chi connectivity index (χ2n) is 5.37. The average Bonchev–Trinajstić information content (AvgIpc) is 2.93. The fourth-order valence-electron chi connectivity index (χ4n) is 3.12. The molecule has 3 heterocycles. The Morgan fingerprint density at radius 2 is 2.22 bits per heavy atom. The highest BCUT2D eigenvalue weighted by Crippen LogP contribution is 2.27. The van der Waals surface area contributed by atoms with E-state index in [0.717, 1.165) is 38.5 Å². The normalized spacial score (nSPS) is 27.3. The third-order valence-electron chi connectivity index (χ3n) is 4.18. The summed E-state index contributed by atoms with van der Waals surface area (Å²) in [6.45, 7) is 3.90. The summed E-state index contributed by atoms with van der Waals surface area (Å²) in [5.41, 5.74) is 0.685. The van der Waals surface area contributed by atoms with Gasteiger partial charge in [-0.3, -0.25) is 4.79 Å². The van der Waals surface area contributed by atoms with E-state index in [4.69, 9.17) is 11.6 Å². The maximum absolute atomic E-state index is 12.4. The summed E-state index contributed by atoms with van der Waals surface area (Å²) in [5.74, 6) is 1.49. The second kappa shape index (κ2) is 4.59. The summed E-state index contributed by atoms with van der Waals surface area (Å²) in [7, 11) is 1.86. The predicted octanol–water partition coefficient (Wildman–Crippen LogP) is 1.36. The van der Waals surface area contributed by atoms with Gasteiger partial charge in [0.1, 0.15) is 5.69 Å². The topological polar surface area (TPSA) is 37.3 Å². The van der Waals surface area contributed by atoms with Crippen molar-refractivity contribution >= 4 is 17.5 Å². The number of amides is 1. The lowest BCUT2D eigenvalue weighted by atomic mass is 9.88. The van der Waals surface area contributed by atoms with Gasteiger partial charge in [0.25, 0.3) is 5.91 Å². The Morgan fingerprint density at radius 1 is 1.44 bits per heavy atom. The van der Waals surface area contributed by atoms with Crippen LogP contribution in [0.1, 0.15) is 16.9 Å². The van der Waals surface area contributed by atoms with E-state index in [0.29, 0.717) is 16.6 Å². The number of hydrogen-bond acceptors (Lipinski definition) is 2. The Hall–Kier alpha value is -1.00. The number of aryl methyl sites for hydroxylation is 1. The van der Waals surface area contributed by atoms with Gasteiger partial charge in [-0.05, 0) is 37.4 Å². The number of aromatic nitrogens is 1. The number of nitrogens with one attached hydrogen (secondary N) is 1. The molecule has 0 aromatic carbocycles. The first-order valence-corrected chi connectivity index (χ1v) is 6.85. The fraction of sp³-hybridized carbons (Fsp3) is 0.615. The first-order chi connectivity index (χ1) is 8.65. The molecule has 0 bridgehead atoms. The number of halogens is 1. The van der Waals surface area contributed by atoms with Gasteiger partial charge in [0, 0.05) is 26.3 Å². The fourth-order valence-corrected chi connectivity index (χ4v) is 3.37. The van der Waals surface area contributed by atoms with Gasteiger partial charge in [-0.1, -0.05) is 11.6 Å². The molecule has 1 amide bonds. The molecule has 1 aromatic rings. The summed E-state index contributed by atoms with van der Waals surface area (Å²) in [5, 5.41) is 4.04. The Labute approximate surface area is 112 Å². The maximum Gasteiger partial charge on any atom is 0.270 e. The van der Waals surface area contributed by atoms with Crippen LogP contribution in [0.5, 0.6) is 0 Å². The predicted molar refractivity (Wildman–Crippen MR) is 70.8 cm³/mol. The molecule has 0 saturated carbocycles. The SMILES string of the molecule is Cn1cc(Cl)cc1C(=O)N1CCC2CNCC2C1. The van der Waals surface area contributed by atoms with Crippen LogP contribution in [0.4, 0.5) is 0 Å². The van der Waals surface area contributed by atoms with Crippen molar-refractivity contribution < 1.29 is 4.79 Å². The minimum atomic E-state index is 0.106. The minimum absolute atomic E-state index is 0.106. The first-order valence-electron chi connectivity index (χ1n) is 6.47. The van der Waals surface area contributed by atoms with Crippen LogP contribution in [0.3, 0.4) is 0 Å². The molecular formula is C13H18ClN3O. The molecule has 98 valence electrons. The lowest BCUT2D eigenvalue weighted by molar-refractivity contribution is 0.0633. The van der Waals surface area contributed by atoms with Crippen molar-refractivity contribution in [2.24, 2.45) is 18.9 Å². The van der Waals surface area contributed by atoms with Crippen molar-refractivity contribution in [2.75, 3.05) is 26.2 Å². The van der Waals surface area contributed by atoms with E-state index in [1.165, 1.54) is 0 Å². The van der Waals surface area contributed by atoms with Crippen molar-refractivity contribution in [2.45, 2.75) is 6.42 Å². The molecule has 2 fully saturated rings. The molecule has 5 heteroatoms. The van der Waals surface area contributed by atoms with Crippen LogP contribution >= 0.6 is 11.6 Å². The Kier molecular flexibility index (Phi) is 3.08. The quantitative estimate of drug-likeness (QED) is 0.834. The van der Waals surface area contributed by atoms with Gasteiger partial charge in [0.15, 0.2) is 0 Å². The minimum Gasteiger partial charge on any atom is -0.345 e. The number of likely N-dealkylation sites (tertiary alicyclic amines) is 1. The number of nitrogens with zero attached hydrogens (tertiary/aromatic N) is 2. The van der Waals surface area contributed by atoms with Crippen LogP contribution in [0.15, 0.2) is 12.3 Å². The van der Waals surface area contributed by atoms with Crippen LogP contribution in [-0.2, 0) is 7.05 Å². The number of piperidine rings is 1. The molecule has 4 nitrogen and oxygen atoms in total. The van der Waals surface area contributed by atoms with E-state index in [-0.39, 0.29) is 5.91 Å². The van der Waals surface area contributed by atoms with E-state index < -0.39 is 0 Å². The smallest absolute Gasteiger partial charge is 0.270 e. The van der Waals surface area contributed by atoms with Crippen LogP contribution < -0.4 is 5.32 Å². The average molecular weight is 268 g/mol. The van der Waals surface area contributed by atoms with Crippen molar-refractivity contribution in [3.8, 4) is 0 Å². The monoisotopic (exact) mass is 267 g/mol. The second-order valence-corrected chi connectivity index (χ2v) is 5.81. The summed E-state index contributed by atoms with van der Waals surface area (Å²) in [4.78, 5) is 14.4. The van der Waals surface area contributed by atoms with E-state index in [2.05, 4.69) is 5.32 Å². The number of carbonyl (C=O) groups is 1. The molecule has 0 spiro atoms. The van der Waals surface area contributed by atoms with E-state index in [1.54, 1.807) is 12.3 Å². The van der Waals surface area contributed by atoms with Crippen LogP contribution in [-0.4, -0.2) is 41.6 Å². The molecule has 0 radical (unpaired) electrons. The maximum atomic E-state index is 12.4. The molecule has 2 unspecified atom stereocenters. The molecule has 0 aliphatic carbocycles. The summed E-state index contributed by atoms with van der Waals surface area (Å²) >= 11 is 5.94. The third-order valence-corrected chi connectivity index (χ3v) is 4.39. The van der Waals surface area contributed by atoms with Crippen molar-refractivity contribution in [3.63, 3.8) is 0 Å². The van der Waals surface area contributed by atoms with Crippen LogP contribution in [0, 0.1) is 11.8 Å². The summed E-state index contributed by atoms with van der Waals surface area (Å²) < 4.78 is 1.81. The standard InChI is InChI=1S/C13H18ClN3O/c1-16-8-11(14)4-12(16)13(18)17-3-2-9-5-15-6-10(9)7-17/h4,8-10,15H,2-3,5-7H2,1H3. The molecule has 2 aliphatic rings. The molecular weight excluding hydrogens is 250 g/mol. The number of carbonyl (C=O) groups excluding carboxylic acids is 1. The zero-order valence-electron chi connectivity index (χ0n) is 10.5. The van der Waals surface area contributed by atoms with Gasteiger partial charge in [0.05, 0.1) is 5.02 Å². The van der Waals surface area contributed by atoms with Crippen LogP contribution in [0.2, 0.25) is 5.02 Å². The van der Waals surface area contributed by atoms with Gasteiger partial charge >= 0.3 is 0 Å². The highest BCUT2D eigenvalue weighted by Gasteiger charge is 2.35. The largest absolute Gasteiger partial charge is 0.345 e. The molecule has 2 aliphatic heterocycles. The Balaban J connectivity index is 1.75. The van der Waals surface area contributed by atoms with E-state index in [9.17, 15) is 4.79 Å². The van der Waals surface area contributed by atoms with Crippen molar-refractivity contribution in [1.29, 1.82) is 0 Å². The zero-order chi connectivity index (χ0) is 12.7. The van der Waals surface area contributed by atoms with E-state index in [1.807, 2.05) is 16.5 Å². The van der Waals surface area contributed by atoms with Crippen LogP contribution in [0.25, 0.3) is 0 Å². The lowest BCUT2D eigenvalue weighted by Gasteiger charge is -2.34. The van der Waals surface area contributed by atoms with Gasteiger partial charge in [0.2, 0.25) is 0 Å². The summed E-state index contributed by atoms with van der Waals surface area (Å²) in [6.07, 6.45) is 2.89. The Morgan fingerprint density at radius 3 is 2.94 bits per heavy atom. The van der Waals surface area contributed by atoms with Gasteiger partial charge in [-0.15, -0.1) is 0 Å². The third kappa shape index (κ3) is 2.04. The van der Waals surface area contributed by atoms with E-state index >= 15 is 0 Å². The van der Waals surface area contributed by atoms with Gasteiger partial charge in [-0.25, -0.2) is 0 Å². The van der Waals surface area contributed by atoms with Gasteiger partial charge in [-0.2, -0.15) is 0 Å². The van der Waals surface area contributed by atoms with Crippen molar-refractivity contribution in [3.05, 3.63) is 23.0 Å². The number of rotatable bonds is 1. The number of hydrogen-bond donors (Lipinski definition) is 1.